The number of sulfonamides is 1. The van der Waals surface area contributed by atoms with Crippen molar-refractivity contribution in [2.75, 3.05) is 17.1 Å². The van der Waals surface area contributed by atoms with E-state index in [1.807, 2.05) is 35.8 Å². The normalized spacial score (nSPS) is 11.4. The molecule has 8 nitrogen and oxygen atoms in total. The van der Waals surface area contributed by atoms with Crippen molar-refractivity contribution in [2.24, 2.45) is 0 Å². The van der Waals surface area contributed by atoms with E-state index in [1.54, 1.807) is 24.6 Å². The molecule has 0 fully saturated rings. The molecule has 2 heterocycles. The van der Waals surface area contributed by atoms with Crippen LogP contribution in [0.5, 0.6) is 5.75 Å². The van der Waals surface area contributed by atoms with E-state index in [-0.39, 0.29) is 17.3 Å². The molecule has 0 spiro atoms. The Kier molecular flexibility index (Phi) is 5.66. The lowest BCUT2D eigenvalue weighted by atomic mass is 10.2. The highest BCUT2D eigenvalue weighted by Gasteiger charge is 2.16. The molecule has 1 amide bonds. The number of nitrogens with one attached hydrogen (secondary N) is 2. The Labute approximate surface area is 183 Å². The molecule has 2 aromatic heterocycles. The highest BCUT2D eigenvalue weighted by molar-refractivity contribution is 7.93. The number of carbonyl (C=O) groups excluding carboxylic acids is 1. The van der Waals surface area contributed by atoms with E-state index in [2.05, 4.69) is 15.0 Å². The van der Waals surface area contributed by atoms with Gasteiger partial charge in [-0.15, -0.1) is 11.3 Å². The second-order valence-electron chi connectivity index (χ2n) is 6.81. The number of fused-ring (bicyclic) bond motifs is 1. The number of aromatic nitrogens is 2. The molecule has 0 aliphatic carbocycles. The Bertz CT molecular complexity index is 1330. The lowest BCUT2D eigenvalue weighted by Gasteiger charge is -2.11. The number of ether oxygens (including phenoxy) is 1. The Morgan fingerprint density at radius 2 is 1.94 bits per heavy atom. The maximum atomic E-state index is 12.6. The molecule has 0 radical (unpaired) electrons. The van der Waals surface area contributed by atoms with Crippen LogP contribution in [0.3, 0.4) is 0 Å². The van der Waals surface area contributed by atoms with Gasteiger partial charge >= 0.3 is 0 Å². The van der Waals surface area contributed by atoms with Crippen LogP contribution in [-0.4, -0.2) is 31.0 Å². The average molecular weight is 457 g/mol. The van der Waals surface area contributed by atoms with Crippen molar-refractivity contribution in [3.05, 3.63) is 65.8 Å². The smallest absolute Gasteiger partial charge is 0.263 e. The molecule has 2 N–H and O–H groups in total. The molecule has 160 valence electrons. The van der Waals surface area contributed by atoms with E-state index in [4.69, 9.17) is 4.74 Å². The number of hydrogen-bond acceptors (Lipinski definition) is 6. The fourth-order valence-electron chi connectivity index (χ4n) is 3.23. The van der Waals surface area contributed by atoms with Crippen molar-refractivity contribution in [3.63, 3.8) is 0 Å². The summed E-state index contributed by atoms with van der Waals surface area (Å²) in [6.45, 7) is 2.07. The highest BCUT2D eigenvalue weighted by Crippen LogP contribution is 2.25. The molecule has 10 heteroatoms. The van der Waals surface area contributed by atoms with Gasteiger partial charge < -0.3 is 14.6 Å². The summed E-state index contributed by atoms with van der Waals surface area (Å²) in [5.41, 5.74) is 2.39. The molecule has 0 atom stereocenters. The molecule has 0 aliphatic rings. The topological polar surface area (TPSA) is 102 Å². The summed E-state index contributed by atoms with van der Waals surface area (Å²) < 4.78 is 34.4. The second-order valence-corrected chi connectivity index (χ2v) is 9.39. The van der Waals surface area contributed by atoms with Gasteiger partial charge in [0.25, 0.3) is 10.0 Å². The van der Waals surface area contributed by atoms with Gasteiger partial charge in [-0.2, -0.15) is 0 Å². The predicted octanol–water partition coefficient (Wildman–Crippen LogP) is 3.85. The number of hydrogen-bond donors (Lipinski definition) is 2. The first kappa shape index (κ1) is 20.9. The summed E-state index contributed by atoms with van der Waals surface area (Å²) in [4.78, 5) is 16.6. The minimum atomic E-state index is -3.73. The number of amides is 1. The van der Waals surface area contributed by atoms with Gasteiger partial charge in [-0.1, -0.05) is 0 Å². The quantitative estimate of drug-likeness (QED) is 0.440. The van der Waals surface area contributed by atoms with Crippen molar-refractivity contribution in [2.45, 2.75) is 18.4 Å². The number of carbonyl (C=O) groups is 1. The Hall–Kier alpha value is -3.37. The van der Waals surface area contributed by atoms with E-state index in [1.165, 1.54) is 29.7 Å². The highest BCUT2D eigenvalue weighted by atomic mass is 32.2. The summed E-state index contributed by atoms with van der Waals surface area (Å²) >= 11 is 1.19. The van der Waals surface area contributed by atoms with E-state index < -0.39 is 10.0 Å². The summed E-state index contributed by atoms with van der Waals surface area (Å²) in [5, 5.41) is 5.78. The zero-order valence-electron chi connectivity index (χ0n) is 16.8. The van der Waals surface area contributed by atoms with Crippen LogP contribution in [-0.2, 0) is 21.4 Å². The Morgan fingerprint density at radius 1 is 1.16 bits per heavy atom. The zero-order chi connectivity index (χ0) is 22.0. The van der Waals surface area contributed by atoms with Gasteiger partial charge in [-0.3, -0.25) is 9.52 Å². The van der Waals surface area contributed by atoms with Gasteiger partial charge in [-0.25, -0.2) is 13.4 Å². The molecule has 4 aromatic rings. The lowest BCUT2D eigenvalue weighted by Crippen LogP contribution is -2.19. The standard InChI is InChI=1S/C21H20N4O4S2/c1-14-11-15-12-17(29-2)5-8-19(15)25(14)13-20(26)23-16-3-6-18(7-4-16)31(27,28)24-21-22-9-10-30-21/h3-12H,13H2,1-2H3,(H,22,24)(H,23,26). The van der Waals surface area contributed by atoms with Gasteiger partial charge in [0.2, 0.25) is 5.91 Å². The van der Waals surface area contributed by atoms with Crippen LogP contribution in [0.15, 0.2) is 65.0 Å². The number of rotatable bonds is 7. The third-order valence-corrected chi connectivity index (χ3v) is 6.89. The molecule has 0 saturated carbocycles. The van der Waals surface area contributed by atoms with Crippen LogP contribution < -0.4 is 14.8 Å². The van der Waals surface area contributed by atoms with Crippen LogP contribution in [0.1, 0.15) is 5.69 Å². The van der Waals surface area contributed by atoms with Crippen LogP contribution in [0, 0.1) is 6.92 Å². The molecule has 31 heavy (non-hydrogen) atoms. The largest absolute Gasteiger partial charge is 0.497 e. The van der Waals surface area contributed by atoms with Gasteiger partial charge in [0.1, 0.15) is 12.3 Å². The SMILES string of the molecule is COc1ccc2c(c1)cc(C)n2CC(=O)Nc1ccc(S(=O)(=O)Nc2nccs2)cc1. The molecular weight excluding hydrogens is 436 g/mol. The first-order valence-electron chi connectivity index (χ1n) is 9.32. The summed E-state index contributed by atoms with van der Waals surface area (Å²) in [6, 6.07) is 13.7. The fourth-order valence-corrected chi connectivity index (χ4v) is 5.02. The van der Waals surface area contributed by atoms with Crippen LogP contribution >= 0.6 is 11.3 Å². The van der Waals surface area contributed by atoms with Crippen molar-refractivity contribution < 1.29 is 17.9 Å². The van der Waals surface area contributed by atoms with Crippen LogP contribution in [0.4, 0.5) is 10.8 Å². The van der Waals surface area contributed by atoms with E-state index in [0.29, 0.717) is 10.8 Å². The molecule has 0 aliphatic heterocycles. The number of nitrogens with zero attached hydrogens (tertiary/aromatic N) is 2. The molecule has 4 rings (SSSR count). The van der Waals surface area contributed by atoms with Crippen molar-refractivity contribution in [3.8, 4) is 5.75 Å². The molecule has 0 bridgehead atoms. The monoisotopic (exact) mass is 456 g/mol. The summed E-state index contributed by atoms with van der Waals surface area (Å²) in [5.74, 6) is 0.543. The number of thiazole rings is 1. The minimum absolute atomic E-state index is 0.0851. The number of anilines is 2. The Morgan fingerprint density at radius 3 is 2.61 bits per heavy atom. The summed E-state index contributed by atoms with van der Waals surface area (Å²) in [6.07, 6.45) is 1.52. The zero-order valence-corrected chi connectivity index (χ0v) is 18.5. The van der Waals surface area contributed by atoms with Crippen LogP contribution in [0.2, 0.25) is 0 Å². The fraction of sp³-hybridized carbons (Fsp3) is 0.143. The number of aryl methyl sites for hydroxylation is 1. The predicted molar refractivity (Wildman–Crippen MR) is 121 cm³/mol. The number of methoxy groups -OCH3 is 1. The third kappa shape index (κ3) is 4.54. The molecule has 2 aromatic carbocycles. The molecular formula is C21H20N4O4S2. The summed E-state index contributed by atoms with van der Waals surface area (Å²) in [7, 11) is -2.12. The van der Waals surface area contributed by atoms with E-state index in [0.717, 1.165) is 22.3 Å². The minimum Gasteiger partial charge on any atom is -0.497 e. The maximum absolute atomic E-state index is 12.6. The maximum Gasteiger partial charge on any atom is 0.263 e. The third-order valence-electron chi connectivity index (χ3n) is 4.72. The first-order valence-corrected chi connectivity index (χ1v) is 11.7. The van der Waals surface area contributed by atoms with Crippen LogP contribution in [0.25, 0.3) is 10.9 Å². The van der Waals surface area contributed by atoms with Gasteiger partial charge in [0, 0.05) is 33.9 Å². The van der Waals surface area contributed by atoms with E-state index in [9.17, 15) is 13.2 Å². The van der Waals surface area contributed by atoms with Gasteiger partial charge in [0.05, 0.1) is 12.0 Å². The first-order chi connectivity index (χ1) is 14.9. The lowest BCUT2D eigenvalue weighted by molar-refractivity contribution is -0.116. The number of benzene rings is 2. The van der Waals surface area contributed by atoms with E-state index >= 15 is 0 Å². The van der Waals surface area contributed by atoms with Crippen molar-refractivity contribution in [1.82, 2.24) is 9.55 Å². The molecule has 0 unspecified atom stereocenters. The average Bonchev–Trinajstić information content (AvgIpc) is 3.35. The Balaban J connectivity index is 1.46. The van der Waals surface area contributed by atoms with Gasteiger partial charge in [-0.05, 0) is 55.5 Å². The molecule has 0 saturated heterocycles. The second kappa shape index (κ2) is 8.40. The van der Waals surface area contributed by atoms with Crippen molar-refractivity contribution >= 4 is 49.0 Å². The van der Waals surface area contributed by atoms with Crippen molar-refractivity contribution in [1.29, 1.82) is 0 Å². The van der Waals surface area contributed by atoms with Gasteiger partial charge in [0.15, 0.2) is 5.13 Å².